The highest BCUT2D eigenvalue weighted by Gasteiger charge is 2.08. The molecule has 113 valence electrons. The molecular weight excluding hydrogens is 294 g/mol. The Morgan fingerprint density at radius 3 is 2.18 bits per heavy atom. The van der Waals surface area contributed by atoms with Gasteiger partial charge in [-0.3, -0.25) is 10.1 Å². The lowest BCUT2D eigenvalue weighted by molar-refractivity contribution is -0.384. The Balaban J connectivity index is 0.000000220. The number of non-ortho nitro benzene ring substituents is 1. The Morgan fingerprint density at radius 2 is 1.77 bits per heavy atom. The summed E-state index contributed by atoms with van der Waals surface area (Å²) in [6, 6.07) is 8.66. The molecule has 0 amide bonds. The van der Waals surface area contributed by atoms with Gasteiger partial charge >= 0.3 is 5.97 Å². The Labute approximate surface area is 123 Å². The van der Waals surface area contributed by atoms with Gasteiger partial charge in [0, 0.05) is 12.1 Å². The minimum atomic E-state index is -1.23. The first-order chi connectivity index (χ1) is 10.3. The van der Waals surface area contributed by atoms with Crippen molar-refractivity contribution in [3.05, 3.63) is 63.0 Å². The average Bonchev–Trinajstić information content (AvgIpc) is 2.50. The maximum absolute atomic E-state index is 10.3. The first-order valence-electron chi connectivity index (χ1n) is 5.71. The van der Waals surface area contributed by atoms with E-state index in [1.165, 1.54) is 36.4 Å². The zero-order valence-electron chi connectivity index (χ0n) is 11.0. The largest absolute Gasteiger partial charge is 0.507 e. The fourth-order valence-electron chi connectivity index (χ4n) is 1.34. The number of carboxylic acid groups (broad SMARTS) is 1. The van der Waals surface area contributed by atoms with Gasteiger partial charge in [-0.15, -0.1) is 4.91 Å². The summed E-state index contributed by atoms with van der Waals surface area (Å²) in [5, 5.41) is 30.1. The third kappa shape index (κ3) is 4.56. The highest BCUT2D eigenvalue weighted by molar-refractivity contribution is 5.91. The molecule has 9 nitrogen and oxygen atoms in total. The third-order valence-electron chi connectivity index (χ3n) is 2.39. The van der Waals surface area contributed by atoms with Crippen LogP contribution < -0.4 is 5.73 Å². The van der Waals surface area contributed by atoms with Crippen LogP contribution in [-0.4, -0.2) is 21.1 Å². The van der Waals surface area contributed by atoms with Crippen molar-refractivity contribution in [1.29, 1.82) is 0 Å². The van der Waals surface area contributed by atoms with E-state index in [0.29, 0.717) is 0 Å². The van der Waals surface area contributed by atoms with Crippen LogP contribution >= 0.6 is 0 Å². The molecule has 2 rings (SSSR count). The quantitative estimate of drug-likeness (QED) is 0.384. The van der Waals surface area contributed by atoms with E-state index < -0.39 is 10.9 Å². The lowest BCUT2D eigenvalue weighted by atomic mass is 10.2. The number of carbonyl (C=O) groups is 1. The van der Waals surface area contributed by atoms with Crippen LogP contribution in [0.25, 0.3) is 0 Å². The highest BCUT2D eigenvalue weighted by atomic mass is 16.6. The molecule has 0 fully saturated rings. The second kappa shape index (κ2) is 7.33. The number of nitrogens with zero attached hydrogens (tertiary/aromatic N) is 2. The Hall–Kier alpha value is -3.49. The van der Waals surface area contributed by atoms with Crippen LogP contribution in [0, 0.1) is 15.0 Å². The molecule has 1 radical (unpaired) electrons. The molecule has 0 unspecified atom stereocenters. The molecule has 2 aromatic rings. The topological polar surface area (TPSA) is 154 Å². The Bertz CT molecular complexity index is 699. The molecule has 0 bridgehead atoms. The summed E-state index contributed by atoms with van der Waals surface area (Å²) in [5.41, 5.74) is 7.03. The molecule has 22 heavy (non-hydrogen) atoms. The summed E-state index contributed by atoms with van der Waals surface area (Å²) < 4.78 is 0. The van der Waals surface area contributed by atoms with Gasteiger partial charge in [-0.1, -0.05) is 0 Å². The van der Waals surface area contributed by atoms with E-state index in [2.05, 4.69) is 5.18 Å². The molecule has 0 aliphatic heterocycles. The fraction of sp³-hybridized carbons (Fsp3) is 0. The summed E-state index contributed by atoms with van der Waals surface area (Å²) in [6.45, 7) is 0. The summed E-state index contributed by atoms with van der Waals surface area (Å²) in [7, 11) is 0. The molecule has 0 aliphatic carbocycles. The van der Waals surface area contributed by atoms with Gasteiger partial charge in [-0.2, -0.15) is 0 Å². The summed E-state index contributed by atoms with van der Waals surface area (Å²) in [5.74, 6) is -1.54. The average molecular weight is 304 g/mol. The lowest BCUT2D eigenvalue weighted by Crippen LogP contribution is -1.96. The number of nitro benzene ring substituents is 1. The van der Waals surface area contributed by atoms with Crippen LogP contribution in [0.5, 0.6) is 5.75 Å². The van der Waals surface area contributed by atoms with Gasteiger partial charge in [-0.05, 0) is 35.5 Å². The van der Waals surface area contributed by atoms with Gasteiger partial charge in [0.25, 0.3) is 5.69 Å². The van der Waals surface area contributed by atoms with Crippen LogP contribution in [0.4, 0.5) is 17.1 Å². The number of phenols is 1. The molecule has 0 aliphatic rings. The van der Waals surface area contributed by atoms with Crippen molar-refractivity contribution in [3.8, 4) is 5.75 Å². The van der Waals surface area contributed by atoms with Gasteiger partial charge in [0.05, 0.1) is 10.6 Å². The summed E-state index contributed by atoms with van der Waals surface area (Å²) in [6.07, 6.45) is 0. The van der Waals surface area contributed by atoms with Crippen LogP contribution in [0.1, 0.15) is 10.4 Å². The predicted molar refractivity (Wildman–Crippen MR) is 76.4 cm³/mol. The van der Waals surface area contributed by atoms with Crippen LogP contribution in [0.2, 0.25) is 0 Å². The number of nitrogens with one attached hydrogen (secondary N) is 1. The van der Waals surface area contributed by atoms with E-state index in [4.69, 9.17) is 15.9 Å². The number of rotatable bonds is 3. The number of nitroso groups, excluding NO2 is 1. The second-order valence-corrected chi connectivity index (χ2v) is 3.90. The SMILES string of the molecule is O=Nc1ccc([N+](=O)[O-])cc1.[NH]c1ccc(O)c(C(=O)O)c1. The molecule has 0 heterocycles. The van der Waals surface area contributed by atoms with E-state index >= 15 is 0 Å². The molecule has 3 N–H and O–H groups in total. The summed E-state index contributed by atoms with van der Waals surface area (Å²) in [4.78, 5) is 29.8. The predicted octanol–water partition coefficient (Wildman–Crippen LogP) is 3.00. The molecule has 0 saturated heterocycles. The number of carboxylic acids is 1. The molecule has 0 atom stereocenters. The Morgan fingerprint density at radius 1 is 1.18 bits per heavy atom. The van der Waals surface area contributed by atoms with Crippen LogP contribution in [-0.2, 0) is 0 Å². The number of aromatic hydroxyl groups is 1. The molecule has 2 aromatic carbocycles. The van der Waals surface area contributed by atoms with Gasteiger partial charge in [-0.25, -0.2) is 4.79 Å². The lowest BCUT2D eigenvalue weighted by Gasteiger charge is -1.98. The van der Waals surface area contributed by atoms with Crippen LogP contribution in [0.3, 0.4) is 0 Å². The minimum absolute atomic E-state index is 0.0441. The number of nitro groups is 1. The second-order valence-electron chi connectivity index (χ2n) is 3.90. The summed E-state index contributed by atoms with van der Waals surface area (Å²) >= 11 is 0. The van der Waals surface area contributed by atoms with E-state index in [9.17, 15) is 19.8 Å². The van der Waals surface area contributed by atoms with Crippen molar-refractivity contribution in [2.24, 2.45) is 5.18 Å². The smallest absolute Gasteiger partial charge is 0.339 e. The normalized spacial score (nSPS) is 9.27. The van der Waals surface area contributed by atoms with E-state index in [1.54, 1.807) is 0 Å². The van der Waals surface area contributed by atoms with E-state index in [0.717, 1.165) is 6.07 Å². The number of benzene rings is 2. The van der Waals surface area contributed by atoms with Crippen molar-refractivity contribution in [1.82, 2.24) is 5.73 Å². The first kappa shape index (κ1) is 16.6. The van der Waals surface area contributed by atoms with Crippen molar-refractivity contribution >= 4 is 23.0 Å². The van der Waals surface area contributed by atoms with Gasteiger partial charge in [0.2, 0.25) is 0 Å². The van der Waals surface area contributed by atoms with Gasteiger partial charge in [0.1, 0.15) is 17.0 Å². The van der Waals surface area contributed by atoms with Crippen LogP contribution in [0.15, 0.2) is 47.6 Å². The van der Waals surface area contributed by atoms with Crippen molar-refractivity contribution in [2.75, 3.05) is 0 Å². The molecule has 9 heteroatoms. The van der Waals surface area contributed by atoms with Crippen molar-refractivity contribution < 1.29 is 19.9 Å². The maximum Gasteiger partial charge on any atom is 0.339 e. The molecule has 0 saturated carbocycles. The van der Waals surface area contributed by atoms with Crippen molar-refractivity contribution in [3.63, 3.8) is 0 Å². The highest BCUT2D eigenvalue weighted by Crippen LogP contribution is 2.19. The number of hydrogen-bond donors (Lipinski definition) is 2. The number of aromatic carboxylic acids is 1. The zero-order valence-corrected chi connectivity index (χ0v) is 11.0. The van der Waals surface area contributed by atoms with Crippen molar-refractivity contribution in [2.45, 2.75) is 0 Å². The van der Waals surface area contributed by atoms with Gasteiger partial charge in [0.15, 0.2) is 0 Å². The fourth-order valence-corrected chi connectivity index (χ4v) is 1.34. The zero-order chi connectivity index (χ0) is 16.7. The standard InChI is InChI=1S/C7H6NO3.C6H4N2O3/c8-4-1-2-6(9)5(3-4)7(10)11;9-7-5-1-3-6(4-2-5)8(10)11/h1-3,8-9H,(H,10,11);1-4H. The van der Waals surface area contributed by atoms with E-state index in [1.807, 2.05) is 0 Å². The monoisotopic (exact) mass is 304 g/mol. The maximum atomic E-state index is 10.3. The number of hydrogen-bond acceptors (Lipinski definition) is 6. The van der Waals surface area contributed by atoms with E-state index in [-0.39, 0.29) is 28.4 Å². The molecule has 0 spiro atoms. The minimum Gasteiger partial charge on any atom is -0.507 e. The van der Waals surface area contributed by atoms with Gasteiger partial charge < -0.3 is 15.9 Å². The molecule has 0 aromatic heterocycles. The molecular formula is C13H10N3O6. The Kier molecular flexibility index (Phi) is 5.52. The first-order valence-corrected chi connectivity index (χ1v) is 5.71. The third-order valence-corrected chi connectivity index (χ3v) is 2.39.